The van der Waals surface area contributed by atoms with Crippen LogP contribution in [0.4, 0.5) is 5.69 Å². The molecule has 2 aromatic heterocycles. The number of nitrogens with zero attached hydrogens (tertiary/aromatic N) is 1. The first-order valence-corrected chi connectivity index (χ1v) is 13.0. The van der Waals surface area contributed by atoms with Gasteiger partial charge in [-0.2, -0.15) is 0 Å². The average molecular weight is 507 g/mol. The number of sulfonamides is 1. The molecule has 9 heteroatoms. The van der Waals surface area contributed by atoms with Crippen molar-refractivity contribution in [2.45, 2.75) is 11.1 Å². The van der Waals surface area contributed by atoms with Crippen LogP contribution in [0.25, 0.3) is 21.0 Å². The van der Waals surface area contributed by atoms with E-state index in [1.807, 2.05) is 37.3 Å². The van der Waals surface area contributed by atoms with Crippen LogP contribution in [0, 0.1) is 6.92 Å². The first-order chi connectivity index (χ1) is 16.9. The number of pyridine rings is 1. The molecule has 0 radical (unpaired) electrons. The maximum absolute atomic E-state index is 13.0. The summed E-state index contributed by atoms with van der Waals surface area (Å²) in [6, 6.07) is 19.9. The van der Waals surface area contributed by atoms with Gasteiger partial charge in [0.05, 0.1) is 25.4 Å². The first-order valence-electron chi connectivity index (χ1n) is 10.7. The number of anilines is 1. The SMILES string of the molecule is COc1cc2nccc(Oc3ccc(NS(=O)(=O)c4cc5ccccc5s4)c(C)c3)c2cc1OC. The number of ether oxygens (including phenoxy) is 3. The summed E-state index contributed by atoms with van der Waals surface area (Å²) in [7, 11) is -0.574. The van der Waals surface area contributed by atoms with Gasteiger partial charge in [0.15, 0.2) is 11.5 Å². The molecule has 35 heavy (non-hydrogen) atoms. The van der Waals surface area contributed by atoms with Crippen molar-refractivity contribution in [3.8, 4) is 23.0 Å². The highest BCUT2D eigenvalue weighted by atomic mass is 32.2. The number of fused-ring (bicyclic) bond motifs is 2. The number of aryl methyl sites for hydroxylation is 1. The van der Waals surface area contributed by atoms with Crippen LogP contribution in [-0.2, 0) is 10.0 Å². The van der Waals surface area contributed by atoms with Crippen LogP contribution in [-0.4, -0.2) is 27.6 Å². The van der Waals surface area contributed by atoms with Crippen LogP contribution < -0.4 is 18.9 Å². The van der Waals surface area contributed by atoms with Crippen LogP contribution in [0.2, 0.25) is 0 Å². The van der Waals surface area contributed by atoms with Gasteiger partial charge in [-0.05, 0) is 60.3 Å². The molecule has 3 aromatic carbocycles. The molecular formula is C26H22N2O5S2. The monoisotopic (exact) mass is 506 g/mol. The molecule has 0 bridgehead atoms. The lowest BCUT2D eigenvalue weighted by Crippen LogP contribution is -2.12. The predicted molar refractivity (Wildman–Crippen MR) is 139 cm³/mol. The Morgan fingerprint density at radius 1 is 0.886 bits per heavy atom. The highest BCUT2D eigenvalue weighted by molar-refractivity contribution is 7.94. The van der Waals surface area contributed by atoms with E-state index in [4.69, 9.17) is 14.2 Å². The van der Waals surface area contributed by atoms with E-state index in [2.05, 4.69) is 9.71 Å². The van der Waals surface area contributed by atoms with Crippen molar-refractivity contribution in [3.05, 3.63) is 78.5 Å². The molecule has 2 heterocycles. The number of hydrogen-bond donors (Lipinski definition) is 1. The smallest absolute Gasteiger partial charge is 0.271 e. The third-order valence-electron chi connectivity index (χ3n) is 5.54. The molecule has 5 rings (SSSR count). The summed E-state index contributed by atoms with van der Waals surface area (Å²) in [6.07, 6.45) is 1.66. The van der Waals surface area contributed by atoms with Gasteiger partial charge in [-0.3, -0.25) is 9.71 Å². The molecule has 0 saturated heterocycles. The molecule has 178 valence electrons. The fourth-order valence-corrected chi connectivity index (χ4v) is 6.29. The Labute approximate surface area is 207 Å². The molecule has 0 aliphatic rings. The van der Waals surface area contributed by atoms with Gasteiger partial charge in [-0.15, -0.1) is 11.3 Å². The molecule has 0 aliphatic carbocycles. The van der Waals surface area contributed by atoms with Gasteiger partial charge in [-0.1, -0.05) is 18.2 Å². The Morgan fingerprint density at radius 3 is 2.40 bits per heavy atom. The van der Waals surface area contributed by atoms with E-state index in [0.717, 1.165) is 21.0 Å². The first kappa shape index (κ1) is 22.9. The minimum atomic E-state index is -3.72. The van der Waals surface area contributed by atoms with Gasteiger partial charge in [0.1, 0.15) is 15.7 Å². The standard InChI is InChI=1S/C26H22N2O5S2/c1-16-12-18(33-22-10-11-27-21-15-24(32-3)23(31-2)14-19(21)22)8-9-20(16)28-35(29,30)26-13-17-6-4-5-7-25(17)34-26/h4-15,28H,1-3H3. The van der Waals surface area contributed by atoms with Crippen LogP contribution in [0.15, 0.2) is 77.1 Å². The van der Waals surface area contributed by atoms with E-state index in [9.17, 15) is 8.42 Å². The molecule has 0 atom stereocenters. The second kappa shape index (κ2) is 9.09. The summed E-state index contributed by atoms with van der Waals surface area (Å²) in [5.74, 6) is 2.30. The van der Waals surface area contributed by atoms with Crippen molar-refractivity contribution in [2.24, 2.45) is 0 Å². The zero-order valence-electron chi connectivity index (χ0n) is 19.2. The molecule has 0 aliphatic heterocycles. The zero-order valence-corrected chi connectivity index (χ0v) is 20.9. The number of nitrogens with one attached hydrogen (secondary N) is 1. The lowest BCUT2D eigenvalue weighted by molar-refractivity contribution is 0.355. The number of aromatic nitrogens is 1. The number of rotatable bonds is 7. The summed E-state index contributed by atoms with van der Waals surface area (Å²) >= 11 is 1.24. The van der Waals surface area contributed by atoms with Crippen LogP contribution >= 0.6 is 11.3 Å². The fourth-order valence-electron chi connectivity index (χ4n) is 3.76. The Balaban J connectivity index is 1.42. The van der Waals surface area contributed by atoms with Crippen molar-refractivity contribution in [1.82, 2.24) is 4.98 Å². The quantitative estimate of drug-likeness (QED) is 0.276. The normalized spacial score (nSPS) is 11.5. The molecule has 0 saturated carbocycles. The Bertz CT molecular complexity index is 1630. The van der Waals surface area contributed by atoms with E-state index < -0.39 is 10.0 Å². The van der Waals surface area contributed by atoms with Crippen LogP contribution in [0.1, 0.15) is 5.56 Å². The van der Waals surface area contributed by atoms with Gasteiger partial charge in [0.2, 0.25) is 0 Å². The molecule has 1 N–H and O–H groups in total. The van der Waals surface area contributed by atoms with Gasteiger partial charge >= 0.3 is 0 Å². The molecule has 0 unspecified atom stereocenters. The third kappa shape index (κ3) is 4.48. The van der Waals surface area contributed by atoms with E-state index in [1.165, 1.54) is 11.3 Å². The van der Waals surface area contributed by atoms with Gasteiger partial charge in [-0.25, -0.2) is 8.42 Å². The summed E-state index contributed by atoms with van der Waals surface area (Å²) in [5, 5.41) is 1.66. The fraction of sp³-hybridized carbons (Fsp3) is 0.115. The largest absolute Gasteiger partial charge is 0.493 e. The second-order valence-electron chi connectivity index (χ2n) is 7.82. The second-order valence-corrected chi connectivity index (χ2v) is 10.8. The Hall–Kier alpha value is -3.82. The predicted octanol–water partition coefficient (Wildman–Crippen LogP) is 6.37. The van der Waals surface area contributed by atoms with Crippen molar-refractivity contribution >= 4 is 48.0 Å². The molecular weight excluding hydrogens is 484 g/mol. The molecule has 0 amide bonds. The summed E-state index contributed by atoms with van der Waals surface area (Å²) in [5.41, 5.74) is 1.91. The molecule has 5 aromatic rings. The lowest BCUT2D eigenvalue weighted by Gasteiger charge is -2.14. The van der Waals surface area contributed by atoms with Crippen LogP contribution in [0.5, 0.6) is 23.0 Å². The van der Waals surface area contributed by atoms with Gasteiger partial charge in [0.25, 0.3) is 10.0 Å². The van der Waals surface area contributed by atoms with Crippen molar-refractivity contribution < 1.29 is 22.6 Å². The van der Waals surface area contributed by atoms with Crippen molar-refractivity contribution in [3.63, 3.8) is 0 Å². The minimum absolute atomic E-state index is 0.269. The summed E-state index contributed by atoms with van der Waals surface area (Å²) in [6.45, 7) is 1.83. The minimum Gasteiger partial charge on any atom is -0.493 e. The van der Waals surface area contributed by atoms with Gasteiger partial charge in [0, 0.05) is 22.3 Å². The number of benzene rings is 3. The highest BCUT2D eigenvalue weighted by Gasteiger charge is 2.19. The topological polar surface area (TPSA) is 86.8 Å². The van der Waals surface area contributed by atoms with E-state index in [0.29, 0.717) is 34.2 Å². The van der Waals surface area contributed by atoms with Crippen molar-refractivity contribution in [2.75, 3.05) is 18.9 Å². The number of methoxy groups -OCH3 is 2. The van der Waals surface area contributed by atoms with E-state index >= 15 is 0 Å². The van der Waals surface area contributed by atoms with Crippen LogP contribution in [0.3, 0.4) is 0 Å². The lowest BCUT2D eigenvalue weighted by atomic mass is 10.1. The van der Waals surface area contributed by atoms with E-state index in [-0.39, 0.29) is 4.21 Å². The van der Waals surface area contributed by atoms with Gasteiger partial charge < -0.3 is 14.2 Å². The number of thiophene rings is 1. The maximum Gasteiger partial charge on any atom is 0.271 e. The summed E-state index contributed by atoms with van der Waals surface area (Å²) in [4.78, 5) is 4.39. The molecule has 0 spiro atoms. The average Bonchev–Trinajstić information content (AvgIpc) is 3.30. The number of hydrogen-bond acceptors (Lipinski definition) is 7. The highest BCUT2D eigenvalue weighted by Crippen LogP contribution is 2.37. The Morgan fingerprint density at radius 2 is 1.66 bits per heavy atom. The molecule has 0 fully saturated rings. The Kier molecular flexibility index (Phi) is 5.96. The third-order valence-corrected chi connectivity index (χ3v) is 8.50. The maximum atomic E-state index is 13.0. The van der Waals surface area contributed by atoms with Crippen molar-refractivity contribution in [1.29, 1.82) is 0 Å². The molecule has 7 nitrogen and oxygen atoms in total. The van der Waals surface area contributed by atoms with E-state index in [1.54, 1.807) is 56.8 Å². The zero-order chi connectivity index (χ0) is 24.6. The summed E-state index contributed by atoms with van der Waals surface area (Å²) < 4.78 is 46.8.